The highest BCUT2D eigenvalue weighted by Crippen LogP contribution is 2.25. The lowest BCUT2D eigenvalue weighted by atomic mass is 10.1. The van der Waals surface area contributed by atoms with Crippen molar-refractivity contribution in [2.24, 2.45) is 0 Å². The summed E-state index contributed by atoms with van der Waals surface area (Å²) in [5.41, 5.74) is 6.95. The fourth-order valence-corrected chi connectivity index (χ4v) is 3.33. The van der Waals surface area contributed by atoms with Crippen LogP contribution in [-0.4, -0.2) is 23.6 Å². The Morgan fingerprint density at radius 1 is 0.893 bits per heavy atom. The quantitative estimate of drug-likeness (QED) is 0.599. The van der Waals surface area contributed by atoms with Crippen LogP contribution in [0.4, 0.5) is 17.5 Å². The van der Waals surface area contributed by atoms with Crippen molar-refractivity contribution < 1.29 is 4.74 Å². The number of nitrogens with zero attached hydrogens (tertiary/aromatic N) is 2. The first-order valence-electron chi connectivity index (χ1n) is 9.52. The van der Waals surface area contributed by atoms with Crippen molar-refractivity contribution in [1.82, 2.24) is 9.97 Å². The van der Waals surface area contributed by atoms with E-state index in [0.717, 1.165) is 35.9 Å². The molecule has 0 atom stereocenters. The molecule has 3 rings (SSSR count). The van der Waals surface area contributed by atoms with E-state index >= 15 is 0 Å². The zero-order valence-electron chi connectivity index (χ0n) is 17.3. The van der Waals surface area contributed by atoms with E-state index in [-0.39, 0.29) is 0 Å². The molecule has 0 saturated carbocycles. The van der Waals surface area contributed by atoms with Crippen LogP contribution >= 0.6 is 0 Å². The van der Waals surface area contributed by atoms with Crippen LogP contribution < -0.4 is 15.4 Å². The lowest BCUT2D eigenvalue weighted by Gasteiger charge is -2.14. The van der Waals surface area contributed by atoms with Gasteiger partial charge in [-0.2, -0.15) is 4.98 Å². The Morgan fingerprint density at radius 3 is 2.21 bits per heavy atom. The summed E-state index contributed by atoms with van der Waals surface area (Å²) in [6.45, 7) is 9.09. The van der Waals surface area contributed by atoms with Gasteiger partial charge in [0.25, 0.3) is 0 Å². The van der Waals surface area contributed by atoms with E-state index in [9.17, 15) is 0 Å². The number of ether oxygens (including phenoxy) is 1. The SMILES string of the molecule is COc1ccc(CCNc2nc(C)cc(Nc3c(C)cc(C)cc3C)n2)cc1. The molecule has 0 aliphatic carbocycles. The van der Waals surface area contributed by atoms with Gasteiger partial charge in [-0.1, -0.05) is 29.8 Å². The molecule has 2 N–H and O–H groups in total. The molecule has 1 aromatic heterocycles. The number of anilines is 3. The number of rotatable bonds is 7. The van der Waals surface area contributed by atoms with Gasteiger partial charge in [0, 0.05) is 24.0 Å². The number of benzene rings is 2. The molecular weight excluding hydrogens is 348 g/mol. The fraction of sp³-hybridized carbons (Fsp3) is 0.304. The Balaban J connectivity index is 1.67. The van der Waals surface area contributed by atoms with E-state index in [1.807, 2.05) is 25.1 Å². The molecule has 0 amide bonds. The Hall–Kier alpha value is -3.08. The van der Waals surface area contributed by atoms with E-state index in [4.69, 9.17) is 4.74 Å². The van der Waals surface area contributed by atoms with Gasteiger partial charge >= 0.3 is 0 Å². The second-order valence-corrected chi connectivity index (χ2v) is 7.14. The van der Waals surface area contributed by atoms with Crippen molar-refractivity contribution in [2.45, 2.75) is 34.1 Å². The molecule has 0 aliphatic rings. The van der Waals surface area contributed by atoms with Crippen LogP contribution in [0.3, 0.4) is 0 Å². The molecule has 0 radical (unpaired) electrons. The van der Waals surface area contributed by atoms with E-state index in [1.165, 1.54) is 22.3 Å². The molecule has 146 valence electrons. The lowest BCUT2D eigenvalue weighted by molar-refractivity contribution is 0.414. The molecule has 0 saturated heterocycles. The van der Waals surface area contributed by atoms with Crippen molar-refractivity contribution in [3.05, 3.63) is 70.4 Å². The number of aryl methyl sites for hydroxylation is 4. The van der Waals surface area contributed by atoms with Gasteiger partial charge in [-0.3, -0.25) is 0 Å². The highest BCUT2D eigenvalue weighted by Gasteiger charge is 2.07. The van der Waals surface area contributed by atoms with E-state index < -0.39 is 0 Å². The third-order valence-corrected chi connectivity index (χ3v) is 4.64. The summed E-state index contributed by atoms with van der Waals surface area (Å²) < 4.78 is 5.20. The summed E-state index contributed by atoms with van der Waals surface area (Å²) in [6, 6.07) is 14.4. The zero-order chi connectivity index (χ0) is 20.1. The van der Waals surface area contributed by atoms with Crippen LogP contribution in [0.1, 0.15) is 27.9 Å². The number of methoxy groups -OCH3 is 1. The molecule has 0 spiro atoms. The molecule has 28 heavy (non-hydrogen) atoms. The highest BCUT2D eigenvalue weighted by molar-refractivity contribution is 5.66. The summed E-state index contributed by atoms with van der Waals surface area (Å²) in [6.07, 6.45) is 0.889. The molecule has 0 bridgehead atoms. The topological polar surface area (TPSA) is 59.1 Å². The van der Waals surface area contributed by atoms with Crippen molar-refractivity contribution in [1.29, 1.82) is 0 Å². The fourth-order valence-electron chi connectivity index (χ4n) is 3.33. The number of hydrogen-bond acceptors (Lipinski definition) is 5. The largest absolute Gasteiger partial charge is 0.497 e. The minimum absolute atomic E-state index is 0.637. The summed E-state index contributed by atoms with van der Waals surface area (Å²) in [7, 11) is 1.68. The van der Waals surface area contributed by atoms with Crippen molar-refractivity contribution in [3.8, 4) is 5.75 Å². The zero-order valence-corrected chi connectivity index (χ0v) is 17.3. The average molecular weight is 377 g/mol. The van der Waals surface area contributed by atoms with Crippen LogP contribution in [0.5, 0.6) is 5.75 Å². The number of aromatic nitrogens is 2. The molecule has 2 aromatic carbocycles. The maximum Gasteiger partial charge on any atom is 0.224 e. The Morgan fingerprint density at radius 2 is 1.57 bits per heavy atom. The minimum Gasteiger partial charge on any atom is -0.497 e. The van der Waals surface area contributed by atoms with Crippen LogP contribution in [0.2, 0.25) is 0 Å². The molecule has 0 fully saturated rings. The van der Waals surface area contributed by atoms with Gasteiger partial charge in [-0.15, -0.1) is 0 Å². The molecule has 3 aromatic rings. The minimum atomic E-state index is 0.637. The van der Waals surface area contributed by atoms with Gasteiger partial charge in [0.2, 0.25) is 5.95 Å². The van der Waals surface area contributed by atoms with Gasteiger partial charge in [0.1, 0.15) is 11.6 Å². The molecule has 0 unspecified atom stereocenters. The molecule has 5 heteroatoms. The van der Waals surface area contributed by atoms with E-state index in [1.54, 1.807) is 7.11 Å². The van der Waals surface area contributed by atoms with Crippen LogP contribution in [-0.2, 0) is 6.42 Å². The first-order valence-corrected chi connectivity index (χ1v) is 9.52. The van der Waals surface area contributed by atoms with E-state index in [2.05, 4.69) is 65.6 Å². The monoisotopic (exact) mass is 376 g/mol. The van der Waals surface area contributed by atoms with E-state index in [0.29, 0.717) is 5.95 Å². The molecule has 1 heterocycles. The van der Waals surface area contributed by atoms with Crippen LogP contribution in [0, 0.1) is 27.7 Å². The normalized spacial score (nSPS) is 10.6. The Kier molecular flexibility index (Phi) is 6.14. The summed E-state index contributed by atoms with van der Waals surface area (Å²) >= 11 is 0. The van der Waals surface area contributed by atoms with Gasteiger partial charge < -0.3 is 15.4 Å². The van der Waals surface area contributed by atoms with Gasteiger partial charge in [-0.25, -0.2) is 4.98 Å². The highest BCUT2D eigenvalue weighted by atomic mass is 16.5. The average Bonchev–Trinajstić information content (AvgIpc) is 2.65. The Labute approximate surface area is 167 Å². The third kappa shape index (κ3) is 5.00. The predicted molar refractivity (Wildman–Crippen MR) is 116 cm³/mol. The lowest BCUT2D eigenvalue weighted by Crippen LogP contribution is -2.10. The smallest absolute Gasteiger partial charge is 0.224 e. The summed E-state index contributed by atoms with van der Waals surface area (Å²) in [5.74, 6) is 2.31. The second-order valence-electron chi connectivity index (χ2n) is 7.14. The summed E-state index contributed by atoms with van der Waals surface area (Å²) in [4.78, 5) is 9.15. The maximum absolute atomic E-state index is 5.20. The van der Waals surface area contributed by atoms with Gasteiger partial charge in [-0.05, 0) is 62.9 Å². The van der Waals surface area contributed by atoms with Gasteiger partial charge in [0.05, 0.1) is 7.11 Å². The predicted octanol–water partition coefficient (Wildman–Crippen LogP) is 5.12. The first-order chi connectivity index (χ1) is 13.4. The molecular formula is C23H28N4O. The van der Waals surface area contributed by atoms with Crippen molar-refractivity contribution in [3.63, 3.8) is 0 Å². The van der Waals surface area contributed by atoms with Crippen molar-refractivity contribution in [2.75, 3.05) is 24.3 Å². The third-order valence-electron chi connectivity index (χ3n) is 4.64. The van der Waals surface area contributed by atoms with Crippen molar-refractivity contribution >= 4 is 17.5 Å². The molecule has 0 aliphatic heterocycles. The van der Waals surface area contributed by atoms with Crippen LogP contribution in [0.15, 0.2) is 42.5 Å². The molecule has 5 nitrogen and oxygen atoms in total. The first kappa shape index (κ1) is 19.7. The van der Waals surface area contributed by atoms with Crippen LogP contribution in [0.25, 0.3) is 0 Å². The summed E-state index contributed by atoms with van der Waals surface area (Å²) in [5, 5.41) is 6.80. The van der Waals surface area contributed by atoms with Gasteiger partial charge in [0.15, 0.2) is 0 Å². The maximum atomic E-state index is 5.20. The number of nitrogens with one attached hydrogen (secondary N) is 2. The second kappa shape index (κ2) is 8.74. The number of hydrogen-bond donors (Lipinski definition) is 2. The Bertz CT molecular complexity index is 928. The standard InChI is InChI=1S/C23H28N4O/c1-15-12-16(2)22(17(3)13-15)26-21-14-18(4)25-23(27-21)24-11-10-19-6-8-20(28-5)9-7-19/h6-9,12-14H,10-11H2,1-5H3,(H2,24,25,26,27).